The Morgan fingerprint density at radius 2 is 0.957 bits per heavy atom. The van der Waals surface area contributed by atoms with Gasteiger partial charge in [-0.25, -0.2) is 0 Å². The van der Waals surface area contributed by atoms with Crippen molar-refractivity contribution < 1.29 is 30.0 Å². The molecule has 0 saturated carbocycles. The molecule has 7 heteroatoms. The molecular formula is C16H14MgO6. The Kier molecular flexibility index (Phi) is 9.83. The van der Waals surface area contributed by atoms with E-state index in [4.69, 9.17) is 10.2 Å². The number of carboxylic acid groups (broad SMARTS) is 2. The van der Waals surface area contributed by atoms with Crippen molar-refractivity contribution >= 4 is 35.0 Å². The number of aliphatic hydroxyl groups excluding tert-OH is 2. The van der Waals surface area contributed by atoms with Crippen LogP contribution in [-0.4, -0.2) is 45.2 Å². The van der Waals surface area contributed by atoms with Crippen molar-refractivity contribution in [3.63, 3.8) is 0 Å². The van der Waals surface area contributed by atoms with E-state index in [1.807, 2.05) is 0 Å². The van der Waals surface area contributed by atoms with Gasteiger partial charge < -0.3 is 30.0 Å². The number of carbonyl (C=O) groups excluding carboxylic acids is 2. The van der Waals surface area contributed by atoms with E-state index >= 15 is 0 Å². The predicted molar refractivity (Wildman–Crippen MR) is 78.6 cm³/mol. The third-order valence-corrected chi connectivity index (χ3v) is 2.68. The van der Waals surface area contributed by atoms with Gasteiger partial charge in [-0.1, -0.05) is 60.7 Å². The summed E-state index contributed by atoms with van der Waals surface area (Å²) in [6, 6.07) is 16.2. The van der Waals surface area contributed by atoms with Gasteiger partial charge in [-0.15, -0.1) is 0 Å². The summed E-state index contributed by atoms with van der Waals surface area (Å²) in [5.41, 5.74) is 0.681. The van der Waals surface area contributed by atoms with Gasteiger partial charge in [-0.2, -0.15) is 0 Å². The number of rotatable bonds is 4. The zero-order chi connectivity index (χ0) is 16.5. The van der Waals surface area contributed by atoms with Gasteiger partial charge in [0.25, 0.3) is 0 Å². The SMILES string of the molecule is O=C([O-])C(O)c1ccccc1.O=C([O-])C(O)c1ccccc1.[Mg+2]. The van der Waals surface area contributed by atoms with Crippen LogP contribution in [0, 0.1) is 0 Å². The number of aliphatic hydroxyl groups is 2. The van der Waals surface area contributed by atoms with Crippen LogP contribution in [0.3, 0.4) is 0 Å². The average Bonchev–Trinajstić information content (AvgIpc) is 2.55. The second-order valence-electron chi connectivity index (χ2n) is 4.26. The topological polar surface area (TPSA) is 121 Å². The zero-order valence-corrected chi connectivity index (χ0v) is 13.6. The number of hydrogen-bond donors (Lipinski definition) is 2. The molecule has 2 aromatic rings. The summed E-state index contributed by atoms with van der Waals surface area (Å²) in [5.74, 6) is -2.95. The van der Waals surface area contributed by atoms with Gasteiger partial charge in [0.2, 0.25) is 0 Å². The maximum absolute atomic E-state index is 10.1. The largest absolute Gasteiger partial charge is 2.00 e. The van der Waals surface area contributed by atoms with Crippen molar-refractivity contribution in [2.45, 2.75) is 12.2 Å². The normalized spacial score (nSPS) is 11.9. The molecule has 2 unspecified atom stereocenters. The Labute approximate surface area is 149 Å². The van der Waals surface area contributed by atoms with E-state index in [9.17, 15) is 19.8 Å². The molecule has 23 heavy (non-hydrogen) atoms. The van der Waals surface area contributed by atoms with Crippen molar-refractivity contribution in [2.24, 2.45) is 0 Å². The zero-order valence-electron chi connectivity index (χ0n) is 12.2. The summed E-state index contributed by atoms with van der Waals surface area (Å²) in [6.45, 7) is 0. The maximum atomic E-state index is 10.1. The molecule has 0 aliphatic heterocycles. The van der Waals surface area contributed by atoms with Crippen LogP contribution in [0.25, 0.3) is 0 Å². The first-order chi connectivity index (χ1) is 10.4. The van der Waals surface area contributed by atoms with Crippen LogP contribution in [-0.2, 0) is 9.59 Å². The monoisotopic (exact) mass is 326 g/mol. The minimum Gasteiger partial charge on any atom is -0.547 e. The molecule has 6 nitrogen and oxygen atoms in total. The molecule has 2 atom stereocenters. The Bertz CT molecular complexity index is 547. The fourth-order valence-corrected chi connectivity index (χ4v) is 1.54. The minimum absolute atomic E-state index is 0. The molecule has 0 aliphatic carbocycles. The van der Waals surface area contributed by atoms with E-state index in [1.54, 1.807) is 36.4 Å². The maximum Gasteiger partial charge on any atom is 2.00 e. The molecule has 0 fully saturated rings. The fourth-order valence-electron chi connectivity index (χ4n) is 1.54. The van der Waals surface area contributed by atoms with Gasteiger partial charge in [0, 0.05) is 0 Å². The van der Waals surface area contributed by atoms with E-state index in [2.05, 4.69) is 0 Å². The quantitative estimate of drug-likeness (QED) is 0.664. The summed E-state index contributed by atoms with van der Waals surface area (Å²) >= 11 is 0. The molecule has 2 rings (SSSR count). The van der Waals surface area contributed by atoms with Crippen molar-refractivity contribution in [2.75, 3.05) is 0 Å². The number of hydrogen-bond acceptors (Lipinski definition) is 6. The number of aliphatic carboxylic acids is 2. The van der Waals surface area contributed by atoms with E-state index in [1.165, 1.54) is 24.3 Å². The summed E-state index contributed by atoms with van der Waals surface area (Å²) in [4.78, 5) is 20.3. The molecule has 116 valence electrons. The number of carbonyl (C=O) groups is 2. The molecule has 0 aromatic heterocycles. The Balaban J connectivity index is 0.000000403. The molecule has 0 amide bonds. The third kappa shape index (κ3) is 7.25. The second kappa shape index (κ2) is 10.7. The summed E-state index contributed by atoms with van der Waals surface area (Å²) in [5, 5.41) is 38.1. The van der Waals surface area contributed by atoms with Crippen molar-refractivity contribution in [3.05, 3.63) is 71.8 Å². The number of benzene rings is 2. The van der Waals surface area contributed by atoms with Gasteiger partial charge in [-0.3, -0.25) is 0 Å². The third-order valence-electron chi connectivity index (χ3n) is 2.68. The van der Waals surface area contributed by atoms with Crippen LogP contribution < -0.4 is 10.2 Å². The Morgan fingerprint density at radius 3 is 1.17 bits per heavy atom. The van der Waals surface area contributed by atoms with Crippen LogP contribution in [0.1, 0.15) is 23.3 Å². The van der Waals surface area contributed by atoms with E-state index < -0.39 is 24.1 Å². The molecule has 0 saturated heterocycles. The second-order valence-corrected chi connectivity index (χ2v) is 4.26. The summed E-state index contributed by atoms with van der Waals surface area (Å²) in [6.07, 6.45) is -3.03. The van der Waals surface area contributed by atoms with Gasteiger partial charge in [0.15, 0.2) is 0 Å². The van der Waals surface area contributed by atoms with Crippen molar-refractivity contribution in [3.8, 4) is 0 Å². The molecular weight excluding hydrogens is 312 g/mol. The van der Waals surface area contributed by atoms with Crippen molar-refractivity contribution in [1.82, 2.24) is 0 Å². The van der Waals surface area contributed by atoms with E-state index in [0.717, 1.165) is 0 Å². The Morgan fingerprint density at radius 1 is 0.696 bits per heavy atom. The molecule has 0 spiro atoms. The smallest absolute Gasteiger partial charge is 0.547 e. The van der Waals surface area contributed by atoms with Crippen LogP contribution in [0.5, 0.6) is 0 Å². The molecule has 2 aromatic carbocycles. The standard InChI is InChI=1S/2C8H8O3.Mg/c2*9-7(8(10)11)6-4-2-1-3-5-6;/h2*1-5,7,9H,(H,10,11);/q;;+2/p-2. The first-order valence-corrected chi connectivity index (χ1v) is 6.31. The number of carboxylic acids is 2. The van der Waals surface area contributed by atoms with Gasteiger partial charge in [0.1, 0.15) is 12.2 Å². The van der Waals surface area contributed by atoms with Crippen LogP contribution in [0.2, 0.25) is 0 Å². The first-order valence-electron chi connectivity index (χ1n) is 6.31. The summed E-state index contributed by atoms with van der Waals surface area (Å²) in [7, 11) is 0. The predicted octanol–water partition coefficient (Wildman–Crippen LogP) is -1.44. The molecule has 0 radical (unpaired) electrons. The minimum atomic E-state index is -1.52. The van der Waals surface area contributed by atoms with Crippen LogP contribution >= 0.6 is 0 Å². The molecule has 0 heterocycles. The molecule has 0 aliphatic rings. The first kappa shape index (κ1) is 21.1. The Hall–Kier alpha value is -1.93. The van der Waals surface area contributed by atoms with Crippen LogP contribution in [0.4, 0.5) is 0 Å². The summed E-state index contributed by atoms with van der Waals surface area (Å²) < 4.78 is 0. The van der Waals surface area contributed by atoms with E-state index in [0.29, 0.717) is 11.1 Å². The van der Waals surface area contributed by atoms with E-state index in [-0.39, 0.29) is 23.1 Å². The molecule has 0 bridgehead atoms. The van der Waals surface area contributed by atoms with Gasteiger partial charge >= 0.3 is 23.1 Å². The van der Waals surface area contributed by atoms with Gasteiger partial charge in [0.05, 0.1) is 11.9 Å². The van der Waals surface area contributed by atoms with Gasteiger partial charge in [-0.05, 0) is 11.1 Å². The van der Waals surface area contributed by atoms with Crippen LogP contribution in [0.15, 0.2) is 60.7 Å². The average molecular weight is 327 g/mol. The fraction of sp³-hybridized carbons (Fsp3) is 0.125. The van der Waals surface area contributed by atoms with Crippen molar-refractivity contribution in [1.29, 1.82) is 0 Å². The molecule has 2 N–H and O–H groups in total.